The van der Waals surface area contributed by atoms with Crippen molar-refractivity contribution >= 4 is 0 Å². The standard InChI is InChI=1S/C13H18FNO/c1-9(10-3-5-11(14)6-4-10)15-12-7-13(8-12)16-2/h3-6,9,12-13,15H,7-8H2,1-2H3/t9-,12?,13?/m0/s1. The van der Waals surface area contributed by atoms with Crippen LogP contribution in [0.15, 0.2) is 24.3 Å². The van der Waals surface area contributed by atoms with E-state index in [1.54, 1.807) is 7.11 Å². The van der Waals surface area contributed by atoms with Crippen LogP contribution in [0.4, 0.5) is 4.39 Å². The first-order valence-corrected chi connectivity index (χ1v) is 5.73. The largest absolute Gasteiger partial charge is 0.381 e. The lowest BCUT2D eigenvalue weighted by atomic mass is 9.88. The molecule has 1 aliphatic rings. The maximum atomic E-state index is 12.8. The van der Waals surface area contributed by atoms with Crippen LogP contribution >= 0.6 is 0 Å². The van der Waals surface area contributed by atoms with E-state index in [0.717, 1.165) is 18.4 Å². The molecule has 2 nitrogen and oxygen atoms in total. The van der Waals surface area contributed by atoms with Crippen molar-refractivity contribution < 1.29 is 9.13 Å². The van der Waals surface area contributed by atoms with Crippen molar-refractivity contribution in [1.82, 2.24) is 5.32 Å². The van der Waals surface area contributed by atoms with Gasteiger partial charge in [-0.2, -0.15) is 0 Å². The van der Waals surface area contributed by atoms with Gasteiger partial charge in [0.25, 0.3) is 0 Å². The summed E-state index contributed by atoms with van der Waals surface area (Å²) in [7, 11) is 1.75. The maximum Gasteiger partial charge on any atom is 0.123 e. The van der Waals surface area contributed by atoms with Crippen molar-refractivity contribution in [3.8, 4) is 0 Å². The Balaban J connectivity index is 1.84. The lowest BCUT2D eigenvalue weighted by Crippen LogP contribution is -2.45. The third kappa shape index (κ3) is 2.60. The fourth-order valence-electron chi connectivity index (χ4n) is 2.10. The lowest BCUT2D eigenvalue weighted by molar-refractivity contribution is 0.0147. The van der Waals surface area contributed by atoms with E-state index in [1.807, 2.05) is 12.1 Å². The molecule has 1 N–H and O–H groups in total. The molecule has 1 aromatic carbocycles. The average molecular weight is 223 g/mol. The zero-order valence-electron chi connectivity index (χ0n) is 9.74. The first-order valence-electron chi connectivity index (χ1n) is 5.73. The topological polar surface area (TPSA) is 21.3 Å². The molecule has 1 atom stereocenters. The Bertz CT molecular complexity index is 332. The molecular formula is C13H18FNO. The number of halogens is 1. The summed E-state index contributed by atoms with van der Waals surface area (Å²) in [6, 6.07) is 7.48. The Kier molecular flexibility index (Phi) is 3.56. The highest BCUT2D eigenvalue weighted by Crippen LogP contribution is 2.25. The van der Waals surface area contributed by atoms with Crippen LogP contribution in [0, 0.1) is 5.82 Å². The summed E-state index contributed by atoms with van der Waals surface area (Å²) in [5.74, 6) is -0.181. The Labute approximate surface area is 95.8 Å². The van der Waals surface area contributed by atoms with Crippen molar-refractivity contribution in [3.63, 3.8) is 0 Å². The third-order valence-corrected chi connectivity index (χ3v) is 3.28. The Hall–Kier alpha value is -0.930. The van der Waals surface area contributed by atoms with Crippen LogP contribution in [-0.4, -0.2) is 19.3 Å². The van der Waals surface area contributed by atoms with Gasteiger partial charge in [-0.3, -0.25) is 0 Å². The Morgan fingerprint density at radius 3 is 2.50 bits per heavy atom. The highest BCUT2D eigenvalue weighted by molar-refractivity contribution is 5.19. The molecule has 0 saturated heterocycles. The molecule has 3 heteroatoms. The monoisotopic (exact) mass is 223 g/mol. The summed E-state index contributed by atoms with van der Waals surface area (Å²) in [6.45, 7) is 2.10. The second kappa shape index (κ2) is 4.93. The van der Waals surface area contributed by atoms with Gasteiger partial charge in [-0.25, -0.2) is 4.39 Å². The van der Waals surface area contributed by atoms with Gasteiger partial charge < -0.3 is 10.1 Å². The zero-order chi connectivity index (χ0) is 11.5. The zero-order valence-corrected chi connectivity index (χ0v) is 9.74. The van der Waals surface area contributed by atoms with Gasteiger partial charge in [0, 0.05) is 19.2 Å². The van der Waals surface area contributed by atoms with E-state index in [2.05, 4.69) is 12.2 Å². The molecule has 16 heavy (non-hydrogen) atoms. The normalized spacial score (nSPS) is 26.2. The smallest absolute Gasteiger partial charge is 0.123 e. The van der Waals surface area contributed by atoms with Crippen LogP contribution in [-0.2, 0) is 4.74 Å². The van der Waals surface area contributed by atoms with E-state index in [4.69, 9.17) is 4.74 Å². The molecule has 1 aromatic rings. The number of benzene rings is 1. The highest BCUT2D eigenvalue weighted by atomic mass is 19.1. The molecule has 1 fully saturated rings. The van der Waals surface area contributed by atoms with Crippen molar-refractivity contribution in [1.29, 1.82) is 0 Å². The summed E-state index contributed by atoms with van der Waals surface area (Å²) < 4.78 is 18.0. The minimum absolute atomic E-state index is 0.181. The number of hydrogen-bond acceptors (Lipinski definition) is 2. The molecule has 0 heterocycles. The number of rotatable bonds is 4. The van der Waals surface area contributed by atoms with E-state index in [1.165, 1.54) is 12.1 Å². The SMILES string of the molecule is COC1CC(N[C@@H](C)c2ccc(F)cc2)C1. The predicted molar refractivity (Wildman–Crippen MR) is 61.8 cm³/mol. The fourth-order valence-corrected chi connectivity index (χ4v) is 2.10. The van der Waals surface area contributed by atoms with Crippen molar-refractivity contribution in [2.45, 2.75) is 38.0 Å². The number of nitrogens with one attached hydrogen (secondary N) is 1. The number of methoxy groups -OCH3 is 1. The van der Waals surface area contributed by atoms with Gasteiger partial charge in [-0.05, 0) is 37.5 Å². The Morgan fingerprint density at radius 1 is 1.31 bits per heavy atom. The van der Waals surface area contributed by atoms with Crippen LogP contribution in [0.5, 0.6) is 0 Å². The van der Waals surface area contributed by atoms with Crippen LogP contribution < -0.4 is 5.32 Å². The van der Waals surface area contributed by atoms with Crippen molar-refractivity contribution in [2.75, 3.05) is 7.11 Å². The van der Waals surface area contributed by atoms with E-state index >= 15 is 0 Å². The molecule has 0 aromatic heterocycles. The first-order chi connectivity index (χ1) is 7.69. The molecule has 0 aliphatic heterocycles. The first kappa shape index (κ1) is 11.6. The molecule has 0 radical (unpaired) electrons. The van der Waals surface area contributed by atoms with E-state index in [-0.39, 0.29) is 11.9 Å². The van der Waals surface area contributed by atoms with Crippen LogP contribution in [0.3, 0.4) is 0 Å². The molecule has 0 bridgehead atoms. The van der Waals surface area contributed by atoms with E-state index in [0.29, 0.717) is 12.1 Å². The molecule has 2 rings (SSSR count). The van der Waals surface area contributed by atoms with Gasteiger partial charge in [-0.1, -0.05) is 12.1 Å². The molecular weight excluding hydrogens is 205 g/mol. The second-order valence-electron chi connectivity index (χ2n) is 4.47. The number of hydrogen-bond donors (Lipinski definition) is 1. The fraction of sp³-hybridized carbons (Fsp3) is 0.538. The van der Waals surface area contributed by atoms with Gasteiger partial charge in [0.2, 0.25) is 0 Å². The second-order valence-corrected chi connectivity index (χ2v) is 4.47. The minimum atomic E-state index is -0.181. The van der Waals surface area contributed by atoms with E-state index < -0.39 is 0 Å². The summed E-state index contributed by atoms with van der Waals surface area (Å²) in [6.07, 6.45) is 2.56. The molecule has 1 saturated carbocycles. The van der Waals surface area contributed by atoms with Crippen LogP contribution in [0.1, 0.15) is 31.4 Å². The molecule has 0 amide bonds. The summed E-state index contributed by atoms with van der Waals surface area (Å²) in [4.78, 5) is 0. The van der Waals surface area contributed by atoms with Gasteiger partial charge in [0.1, 0.15) is 5.82 Å². The summed E-state index contributed by atoms with van der Waals surface area (Å²) >= 11 is 0. The molecule has 88 valence electrons. The minimum Gasteiger partial charge on any atom is -0.381 e. The highest BCUT2D eigenvalue weighted by Gasteiger charge is 2.29. The number of ether oxygens (including phenoxy) is 1. The van der Waals surface area contributed by atoms with Crippen LogP contribution in [0.2, 0.25) is 0 Å². The summed E-state index contributed by atoms with van der Waals surface area (Å²) in [5.41, 5.74) is 1.13. The maximum absolute atomic E-state index is 12.8. The van der Waals surface area contributed by atoms with Crippen molar-refractivity contribution in [2.24, 2.45) is 0 Å². The summed E-state index contributed by atoms with van der Waals surface area (Å²) in [5, 5.41) is 3.51. The quantitative estimate of drug-likeness (QED) is 0.847. The van der Waals surface area contributed by atoms with Gasteiger partial charge in [-0.15, -0.1) is 0 Å². The van der Waals surface area contributed by atoms with Crippen molar-refractivity contribution in [3.05, 3.63) is 35.6 Å². The van der Waals surface area contributed by atoms with Crippen LogP contribution in [0.25, 0.3) is 0 Å². The third-order valence-electron chi connectivity index (χ3n) is 3.28. The van der Waals surface area contributed by atoms with E-state index in [9.17, 15) is 4.39 Å². The van der Waals surface area contributed by atoms with Gasteiger partial charge in [0.15, 0.2) is 0 Å². The molecule has 0 spiro atoms. The predicted octanol–water partition coefficient (Wildman–Crippen LogP) is 2.65. The average Bonchev–Trinajstić information content (AvgIpc) is 2.23. The van der Waals surface area contributed by atoms with Gasteiger partial charge in [0.05, 0.1) is 6.10 Å². The Morgan fingerprint density at radius 2 is 1.94 bits per heavy atom. The molecule has 1 aliphatic carbocycles. The lowest BCUT2D eigenvalue weighted by Gasteiger charge is -2.36. The molecule has 0 unspecified atom stereocenters. The van der Waals surface area contributed by atoms with Gasteiger partial charge >= 0.3 is 0 Å².